The molecule has 0 saturated heterocycles. The van der Waals surface area contributed by atoms with Crippen molar-refractivity contribution in [1.82, 2.24) is 5.32 Å². The largest absolute Gasteiger partial charge is 0.368 e. The third kappa shape index (κ3) is 1.39. The van der Waals surface area contributed by atoms with E-state index >= 15 is 0 Å². The van der Waals surface area contributed by atoms with Gasteiger partial charge in [0.15, 0.2) is 0 Å². The highest BCUT2D eigenvalue weighted by atomic mass is 15.2. The van der Waals surface area contributed by atoms with Crippen LogP contribution in [0.25, 0.3) is 0 Å². The summed E-state index contributed by atoms with van der Waals surface area (Å²) >= 11 is 0. The van der Waals surface area contributed by atoms with Crippen LogP contribution < -0.4 is 5.32 Å². The Labute approximate surface area is 85.8 Å². The third-order valence-corrected chi connectivity index (χ3v) is 3.49. The van der Waals surface area contributed by atoms with Crippen molar-refractivity contribution in [1.29, 1.82) is 0 Å². The van der Waals surface area contributed by atoms with Crippen molar-refractivity contribution in [3.63, 3.8) is 0 Å². The Morgan fingerprint density at radius 3 is 2.43 bits per heavy atom. The zero-order chi connectivity index (χ0) is 10.4. The first-order chi connectivity index (χ1) is 6.51. The molecule has 2 saturated carbocycles. The summed E-state index contributed by atoms with van der Waals surface area (Å²) in [4.78, 5) is 4.35. The number of fused-ring (bicyclic) bond motifs is 1. The highest BCUT2D eigenvalue weighted by molar-refractivity contribution is 5.82. The van der Waals surface area contributed by atoms with E-state index in [1.165, 1.54) is 12.8 Å². The predicted molar refractivity (Wildman–Crippen MR) is 60.3 cm³/mol. The van der Waals surface area contributed by atoms with Gasteiger partial charge in [-0.15, -0.1) is 0 Å². The predicted octanol–water partition coefficient (Wildman–Crippen LogP) is 2.64. The SMILES string of the molecule is C=C/C(C)=C\N=C(/C)NC12CC1(C)C2. The van der Waals surface area contributed by atoms with Gasteiger partial charge in [-0.25, -0.2) is 4.99 Å². The average molecular weight is 190 g/mol. The molecule has 2 nitrogen and oxygen atoms in total. The van der Waals surface area contributed by atoms with E-state index in [-0.39, 0.29) is 0 Å². The Hall–Kier alpha value is -1.05. The van der Waals surface area contributed by atoms with Gasteiger partial charge in [0.05, 0.1) is 5.84 Å². The fourth-order valence-electron chi connectivity index (χ4n) is 2.06. The molecule has 0 aromatic carbocycles. The lowest BCUT2D eigenvalue weighted by Gasteiger charge is -2.06. The molecule has 2 rings (SSSR count). The van der Waals surface area contributed by atoms with Crippen LogP contribution in [0, 0.1) is 5.41 Å². The number of allylic oxidation sites excluding steroid dienone is 2. The quantitative estimate of drug-likeness (QED) is 0.413. The van der Waals surface area contributed by atoms with Crippen LogP contribution in [0.3, 0.4) is 0 Å². The van der Waals surface area contributed by atoms with E-state index in [2.05, 4.69) is 23.8 Å². The minimum absolute atomic E-state index is 0.427. The Bertz CT molecular complexity index is 330. The number of aliphatic imine (C=N–C) groups is 1. The molecule has 0 aliphatic heterocycles. The smallest absolute Gasteiger partial charge is 0.0988 e. The fourth-order valence-corrected chi connectivity index (χ4v) is 2.06. The van der Waals surface area contributed by atoms with E-state index in [1.807, 2.05) is 26.1 Å². The molecule has 1 N–H and O–H groups in total. The van der Waals surface area contributed by atoms with Crippen LogP contribution in [-0.2, 0) is 0 Å². The lowest BCUT2D eigenvalue weighted by atomic mass is 10.2. The minimum Gasteiger partial charge on any atom is -0.368 e. The summed E-state index contributed by atoms with van der Waals surface area (Å²) in [5, 5.41) is 3.50. The molecule has 2 aliphatic carbocycles. The fraction of sp³-hybridized carbons (Fsp3) is 0.583. The number of nitrogens with zero attached hydrogens (tertiary/aromatic N) is 1. The van der Waals surface area contributed by atoms with E-state index < -0.39 is 0 Å². The molecule has 14 heavy (non-hydrogen) atoms. The molecule has 0 spiro atoms. The molecule has 0 aromatic heterocycles. The molecule has 0 heterocycles. The van der Waals surface area contributed by atoms with Crippen molar-refractivity contribution in [2.45, 2.75) is 39.2 Å². The van der Waals surface area contributed by atoms with Gasteiger partial charge in [0.1, 0.15) is 0 Å². The van der Waals surface area contributed by atoms with E-state index in [0.717, 1.165) is 11.4 Å². The molecule has 0 radical (unpaired) electrons. The molecule has 76 valence electrons. The Kier molecular flexibility index (Phi) is 1.85. The van der Waals surface area contributed by atoms with Crippen molar-refractivity contribution < 1.29 is 0 Å². The summed E-state index contributed by atoms with van der Waals surface area (Å²) in [6.07, 6.45) is 6.30. The highest BCUT2D eigenvalue weighted by Gasteiger charge is 2.80. The van der Waals surface area contributed by atoms with Gasteiger partial charge in [-0.2, -0.15) is 0 Å². The zero-order valence-electron chi connectivity index (χ0n) is 9.22. The zero-order valence-corrected chi connectivity index (χ0v) is 9.22. The van der Waals surface area contributed by atoms with Gasteiger partial charge in [0.2, 0.25) is 0 Å². The second-order valence-electron chi connectivity index (χ2n) is 4.91. The lowest BCUT2D eigenvalue weighted by molar-refractivity contribution is 0.687. The maximum Gasteiger partial charge on any atom is 0.0988 e. The molecule has 2 aliphatic rings. The van der Waals surface area contributed by atoms with Gasteiger partial charge in [-0.05, 0) is 37.7 Å². The lowest BCUT2D eigenvalue weighted by Crippen LogP contribution is -2.28. The van der Waals surface area contributed by atoms with Crippen molar-refractivity contribution >= 4 is 5.84 Å². The van der Waals surface area contributed by atoms with Gasteiger partial charge >= 0.3 is 0 Å². The van der Waals surface area contributed by atoms with Crippen LogP contribution in [0.4, 0.5) is 0 Å². The van der Waals surface area contributed by atoms with Gasteiger partial charge in [-0.1, -0.05) is 19.6 Å². The topological polar surface area (TPSA) is 24.4 Å². The number of amidine groups is 1. The minimum atomic E-state index is 0.427. The summed E-state index contributed by atoms with van der Waals surface area (Å²) in [5.41, 5.74) is 2.12. The number of hydrogen-bond acceptors (Lipinski definition) is 1. The normalized spacial score (nSPS) is 40.2. The molecule has 2 fully saturated rings. The average Bonchev–Trinajstić information content (AvgIpc) is 2.84. The first-order valence-electron chi connectivity index (χ1n) is 5.13. The van der Waals surface area contributed by atoms with Crippen LogP contribution in [-0.4, -0.2) is 11.4 Å². The molecule has 0 aromatic rings. The molecule has 0 atom stereocenters. The van der Waals surface area contributed by atoms with Crippen LogP contribution in [0.5, 0.6) is 0 Å². The summed E-state index contributed by atoms with van der Waals surface area (Å²) in [6.45, 7) is 10.0. The van der Waals surface area contributed by atoms with Crippen molar-refractivity contribution in [2.24, 2.45) is 10.4 Å². The van der Waals surface area contributed by atoms with E-state index in [4.69, 9.17) is 0 Å². The van der Waals surface area contributed by atoms with Crippen molar-refractivity contribution in [2.75, 3.05) is 0 Å². The van der Waals surface area contributed by atoms with E-state index in [0.29, 0.717) is 11.0 Å². The molecule has 2 heteroatoms. The first-order valence-corrected chi connectivity index (χ1v) is 5.13. The molecular formula is C12H18N2. The van der Waals surface area contributed by atoms with Gasteiger partial charge in [0.25, 0.3) is 0 Å². The van der Waals surface area contributed by atoms with Gasteiger partial charge in [-0.3, -0.25) is 0 Å². The van der Waals surface area contributed by atoms with Crippen LogP contribution >= 0.6 is 0 Å². The van der Waals surface area contributed by atoms with Gasteiger partial charge < -0.3 is 5.32 Å². The van der Waals surface area contributed by atoms with E-state index in [1.54, 1.807) is 0 Å². The molecule has 0 unspecified atom stereocenters. The summed E-state index contributed by atoms with van der Waals surface area (Å²) in [5.74, 6) is 1.02. The Morgan fingerprint density at radius 1 is 1.43 bits per heavy atom. The molecule has 0 amide bonds. The monoisotopic (exact) mass is 190 g/mol. The second-order valence-corrected chi connectivity index (χ2v) is 4.91. The number of rotatable bonds is 3. The van der Waals surface area contributed by atoms with Crippen molar-refractivity contribution in [3.8, 4) is 0 Å². The number of hydrogen-bond donors (Lipinski definition) is 1. The van der Waals surface area contributed by atoms with E-state index in [9.17, 15) is 0 Å². The van der Waals surface area contributed by atoms with Gasteiger partial charge in [0, 0.05) is 11.7 Å². The second kappa shape index (κ2) is 2.72. The maximum absolute atomic E-state index is 4.35. The summed E-state index contributed by atoms with van der Waals surface area (Å²) in [7, 11) is 0. The maximum atomic E-state index is 4.35. The van der Waals surface area contributed by atoms with Crippen LogP contribution in [0.15, 0.2) is 29.4 Å². The van der Waals surface area contributed by atoms with Crippen molar-refractivity contribution in [3.05, 3.63) is 24.4 Å². The third-order valence-electron chi connectivity index (χ3n) is 3.49. The number of nitrogens with one attached hydrogen (secondary N) is 1. The molecular weight excluding hydrogens is 172 g/mol. The van der Waals surface area contributed by atoms with Crippen LogP contribution in [0.2, 0.25) is 0 Å². The first kappa shape index (κ1) is 9.50. The highest BCUT2D eigenvalue weighted by Crippen LogP contribution is 2.78. The Balaban J connectivity index is 1.90. The Morgan fingerprint density at radius 2 is 2.00 bits per heavy atom. The summed E-state index contributed by atoms with van der Waals surface area (Å²) in [6, 6.07) is 0. The molecule has 0 bridgehead atoms. The standard InChI is InChI=1S/C12H18N2/c1-5-9(2)6-13-10(3)14-12-7-11(12,4)8-12/h5-6H,1,7-8H2,2-4H3,(H,13,14)/b9-6-. The summed E-state index contributed by atoms with van der Waals surface area (Å²) < 4.78 is 0. The van der Waals surface area contributed by atoms with Crippen LogP contribution in [0.1, 0.15) is 33.6 Å².